The van der Waals surface area contributed by atoms with Gasteiger partial charge in [-0.1, -0.05) is 6.07 Å². The van der Waals surface area contributed by atoms with Crippen molar-refractivity contribution in [2.75, 3.05) is 19.6 Å². The number of hydrogen-bond donors (Lipinski definition) is 5. The van der Waals surface area contributed by atoms with Gasteiger partial charge >= 0.3 is 5.97 Å². The molecule has 2 heterocycles. The molecule has 9 nitrogen and oxygen atoms in total. The van der Waals surface area contributed by atoms with E-state index in [1.54, 1.807) is 0 Å². The van der Waals surface area contributed by atoms with Crippen LogP contribution < -0.4 is 27.0 Å². The van der Waals surface area contributed by atoms with Gasteiger partial charge in [0, 0.05) is 12.7 Å². The van der Waals surface area contributed by atoms with Crippen molar-refractivity contribution in [2.24, 2.45) is 16.6 Å². The van der Waals surface area contributed by atoms with Gasteiger partial charge in [-0.25, -0.2) is 15.7 Å². The molecule has 0 fully saturated rings. The summed E-state index contributed by atoms with van der Waals surface area (Å²) in [5, 5.41) is 15.8. The monoisotopic (exact) mass is 389 g/mol. The number of carboxylic acids is 1. The molecule has 2 aliphatic heterocycles. The van der Waals surface area contributed by atoms with E-state index < -0.39 is 17.7 Å². The van der Waals surface area contributed by atoms with Crippen LogP contribution in [0.15, 0.2) is 29.4 Å². The van der Waals surface area contributed by atoms with Gasteiger partial charge < -0.3 is 26.2 Å². The lowest BCUT2D eigenvalue weighted by Gasteiger charge is -2.35. The summed E-state index contributed by atoms with van der Waals surface area (Å²) in [6.07, 6.45) is 3.35. The maximum absolute atomic E-state index is 11.5. The van der Waals surface area contributed by atoms with Crippen molar-refractivity contribution in [3.63, 3.8) is 0 Å². The standard InChI is InChI=1S/C19H27N5O4/c1-19(28-21,17(25)26)16-6-4-13-9-12(3-5-15(13)27-16)14-10-23-18(24-11-14)22-8-2-7-20/h3,5,9-10,16H,2,4,6-8,11,20-21H2,1H3,(H,25,26)(H2,22,23,24). The number of nitrogens with zero attached hydrogens (tertiary/aromatic N) is 1. The molecule has 0 saturated carbocycles. The van der Waals surface area contributed by atoms with Crippen molar-refractivity contribution in [1.29, 1.82) is 0 Å². The lowest BCUT2D eigenvalue weighted by molar-refractivity contribution is -0.179. The molecule has 9 heteroatoms. The van der Waals surface area contributed by atoms with Crippen molar-refractivity contribution >= 4 is 17.5 Å². The van der Waals surface area contributed by atoms with E-state index in [0.29, 0.717) is 31.7 Å². The zero-order valence-corrected chi connectivity index (χ0v) is 15.9. The number of fused-ring (bicyclic) bond motifs is 1. The third-order valence-electron chi connectivity index (χ3n) is 5.12. The summed E-state index contributed by atoms with van der Waals surface area (Å²) in [5.41, 5.74) is 7.04. The Balaban J connectivity index is 1.67. The van der Waals surface area contributed by atoms with E-state index in [1.165, 1.54) is 6.92 Å². The molecule has 1 aromatic rings. The number of aryl methyl sites for hydroxylation is 1. The number of benzene rings is 1. The van der Waals surface area contributed by atoms with Gasteiger partial charge in [-0.2, -0.15) is 0 Å². The zero-order chi connectivity index (χ0) is 20.1. The summed E-state index contributed by atoms with van der Waals surface area (Å²) in [5.74, 6) is 5.49. The fourth-order valence-corrected chi connectivity index (χ4v) is 3.24. The second-order valence-corrected chi connectivity index (χ2v) is 7.05. The van der Waals surface area contributed by atoms with E-state index >= 15 is 0 Å². The Morgan fingerprint density at radius 2 is 2.36 bits per heavy atom. The van der Waals surface area contributed by atoms with Crippen LogP contribution in [0.25, 0.3) is 5.57 Å². The number of rotatable bonds is 7. The highest BCUT2D eigenvalue weighted by Gasteiger charge is 2.46. The van der Waals surface area contributed by atoms with Crippen molar-refractivity contribution < 1.29 is 19.5 Å². The van der Waals surface area contributed by atoms with Crippen LogP contribution in [0.2, 0.25) is 0 Å². The molecule has 152 valence electrons. The van der Waals surface area contributed by atoms with Crippen LogP contribution in [-0.4, -0.2) is 48.4 Å². The second-order valence-electron chi connectivity index (χ2n) is 7.05. The second kappa shape index (κ2) is 8.59. The number of nitrogens with two attached hydrogens (primary N) is 2. The van der Waals surface area contributed by atoms with Crippen molar-refractivity contribution in [3.8, 4) is 5.75 Å². The summed E-state index contributed by atoms with van der Waals surface area (Å²) in [4.78, 5) is 20.8. The van der Waals surface area contributed by atoms with Crippen LogP contribution in [0, 0.1) is 0 Å². The van der Waals surface area contributed by atoms with Crippen LogP contribution in [0.4, 0.5) is 0 Å². The fourth-order valence-electron chi connectivity index (χ4n) is 3.24. The highest BCUT2D eigenvalue weighted by Crippen LogP contribution is 2.34. The summed E-state index contributed by atoms with van der Waals surface area (Å²) < 4.78 is 5.89. The Hall–Kier alpha value is -2.62. The number of aliphatic imine (C=N–C) groups is 1. The molecule has 0 aromatic heterocycles. The van der Waals surface area contributed by atoms with Gasteiger partial charge in [-0.3, -0.25) is 4.84 Å². The van der Waals surface area contributed by atoms with E-state index in [0.717, 1.165) is 35.6 Å². The Morgan fingerprint density at radius 1 is 1.54 bits per heavy atom. The summed E-state index contributed by atoms with van der Waals surface area (Å²) in [7, 11) is 0. The maximum atomic E-state index is 11.5. The molecule has 0 amide bonds. The van der Waals surface area contributed by atoms with Gasteiger partial charge in [0.15, 0.2) is 5.96 Å². The number of nitrogens with one attached hydrogen (secondary N) is 2. The first-order chi connectivity index (χ1) is 13.5. The number of hydrogen-bond acceptors (Lipinski definition) is 8. The zero-order valence-electron chi connectivity index (χ0n) is 15.9. The molecule has 0 spiro atoms. The summed E-state index contributed by atoms with van der Waals surface area (Å²) in [6, 6.07) is 5.86. The minimum absolute atomic E-state index is 0.501. The number of ether oxygens (including phenoxy) is 1. The molecule has 2 unspecified atom stereocenters. The fraction of sp³-hybridized carbons (Fsp3) is 0.474. The number of carbonyl (C=O) groups is 1. The third-order valence-corrected chi connectivity index (χ3v) is 5.12. The molecule has 7 N–H and O–H groups in total. The highest BCUT2D eigenvalue weighted by molar-refractivity contribution is 5.86. The smallest absolute Gasteiger partial charge is 0.341 e. The first-order valence-electron chi connectivity index (χ1n) is 9.33. The van der Waals surface area contributed by atoms with Gasteiger partial charge in [0.05, 0.1) is 6.54 Å². The summed E-state index contributed by atoms with van der Waals surface area (Å²) in [6.45, 7) is 3.42. The van der Waals surface area contributed by atoms with Gasteiger partial charge in [-0.05, 0) is 61.6 Å². The van der Waals surface area contributed by atoms with E-state index in [-0.39, 0.29) is 0 Å². The van der Waals surface area contributed by atoms with E-state index in [1.807, 2.05) is 18.3 Å². The number of aliphatic carboxylic acids is 1. The SMILES string of the molecule is CC(ON)(C(=O)O)C1CCc2cc(C3=CNC(NCCCN)=NC3)ccc2O1. The summed E-state index contributed by atoms with van der Waals surface area (Å²) >= 11 is 0. The topological polar surface area (TPSA) is 144 Å². The average Bonchev–Trinajstić information content (AvgIpc) is 2.73. The van der Waals surface area contributed by atoms with Crippen molar-refractivity contribution in [1.82, 2.24) is 10.6 Å². The molecular formula is C19H27N5O4. The molecule has 1 aromatic carbocycles. The van der Waals surface area contributed by atoms with E-state index in [4.69, 9.17) is 21.2 Å². The van der Waals surface area contributed by atoms with E-state index in [2.05, 4.69) is 21.7 Å². The molecule has 0 bridgehead atoms. The third kappa shape index (κ3) is 4.11. The molecule has 0 saturated heterocycles. The Bertz CT molecular complexity index is 795. The number of guanidine groups is 1. The molecule has 2 atom stereocenters. The van der Waals surface area contributed by atoms with E-state index in [9.17, 15) is 9.90 Å². The first-order valence-corrected chi connectivity index (χ1v) is 9.33. The highest BCUT2D eigenvalue weighted by atomic mass is 16.7. The number of carboxylic acid groups (broad SMARTS) is 1. The van der Waals surface area contributed by atoms with Crippen molar-refractivity contribution in [2.45, 2.75) is 37.9 Å². The first kappa shape index (κ1) is 20.1. The average molecular weight is 389 g/mol. The molecular weight excluding hydrogens is 362 g/mol. The minimum atomic E-state index is -1.59. The lowest BCUT2D eigenvalue weighted by atomic mass is 9.89. The van der Waals surface area contributed by atoms with Crippen molar-refractivity contribution in [3.05, 3.63) is 35.5 Å². The maximum Gasteiger partial charge on any atom is 0.341 e. The lowest BCUT2D eigenvalue weighted by Crippen LogP contribution is -2.54. The Kier molecular flexibility index (Phi) is 6.18. The van der Waals surface area contributed by atoms with Gasteiger partial charge in [0.1, 0.15) is 11.9 Å². The molecule has 2 aliphatic rings. The molecule has 0 aliphatic carbocycles. The van der Waals surface area contributed by atoms with Crippen LogP contribution in [-0.2, 0) is 16.1 Å². The van der Waals surface area contributed by atoms with Crippen LogP contribution in [0.1, 0.15) is 30.9 Å². The quantitative estimate of drug-likeness (QED) is 0.332. The Morgan fingerprint density at radius 3 is 3.00 bits per heavy atom. The molecule has 28 heavy (non-hydrogen) atoms. The van der Waals surface area contributed by atoms with Crippen LogP contribution in [0.5, 0.6) is 5.75 Å². The van der Waals surface area contributed by atoms with Gasteiger partial charge in [0.25, 0.3) is 0 Å². The molecule has 0 radical (unpaired) electrons. The van der Waals surface area contributed by atoms with Gasteiger partial charge in [-0.15, -0.1) is 0 Å². The predicted molar refractivity (Wildman–Crippen MR) is 106 cm³/mol. The molecule has 3 rings (SSSR count). The predicted octanol–water partition coefficient (Wildman–Crippen LogP) is 0.352. The largest absolute Gasteiger partial charge is 0.486 e. The van der Waals surface area contributed by atoms with Crippen LogP contribution >= 0.6 is 0 Å². The van der Waals surface area contributed by atoms with Crippen LogP contribution in [0.3, 0.4) is 0 Å². The normalized spacial score (nSPS) is 20.6. The van der Waals surface area contributed by atoms with Gasteiger partial charge in [0.2, 0.25) is 5.60 Å². The Labute approximate surface area is 163 Å². The minimum Gasteiger partial charge on any atom is -0.486 e.